The maximum absolute atomic E-state index is 12.1. The molecule has 0 radical (unpaired) electrons. The fraction of sp³-hybridized carbons (Fsp3) is 0.400. The van der Waals surface area contributed by atoms with Gasteiger partial charge in [0.05, 0.1) is 6.61 Å². The maximum Gasteiger partial charge on any atom is 0.423 e. The molecule has 1 aromatic carbocycles. The predicted molar refractivity (Wildman–Crippen MR) is 80.9 cm³/mol. The van der Waals surface area contributed by atoms with Crippen molar-refractivity contribution in [1.29, 1.82) is 0 Å². The molecule has 1 aromatic rings. The third-order valence-electron chi connectivity index (χ3n) is 2.63. The second-order valence-corrected chi connectivity index (χ2v) is 4.00. The van der Waals surface area contributed by atoms with Crippen LogP contribution in [-0.2, 0) is 9.53 Å². The minimum Gasteiger partial charge on any atom is -0.449 e. The summed E-state index contributed by atoms with van der Waals surface area (Å²) in [6, 6.07) is 3.17. The molecule has 21 heavy (non-hydrogen) atoms. The van der Waals surface area contributed by atoms with Gasteiger partial charge in [-0.05, 0) is 44.0 Å². The minimum absolute atomic E-state index is 0.0796. The highest BCUT2D eigenvalue weighted by Crippen LogP contribution is 2.19. The third-order valence-corrected chi connectivity index (χ3v) is 2.63. The average molecular weight is 294 g/mol. The number of nitrogens with zero attached hydrogens (tertiary/aromatic N) is 1. The molecule has 0 atom stereocenters. The molecule has 0 aliphatic heterocycles. The van der Waals surface area contributed by atoms with Crippen LogP contribution in [-0.4, -0.2) is 29.9 Å². The second-order valence-electron chi connectivity index (χ2n) is 4.00. The Morgan fingerprint density at radius 1 is 1.24 bits per heavy atom. The maximum atomic E-state index is 12.1. The highest BCUT2D eigenvalue weighted by atomic mass is 16.6. The lowest BCUT2D eigenvalue weighted by molar-refractivity contribution is -0.114. The van der Waals surface area contributed by atoms with Crippen LogP contribution >= 0.6 is 0 Å². The molecule has 116 valence electrons. The molecular formula is C15H22N2O4. The summed E-state index contributed by atoms with van der Waals surface area (Å²) in [6.45, 7) is 9.08. The molecule has 0 saturated heterocycles. The fourth-order valence-corrected chi connectivity index (χ4v) is 1.57. The number of rotatable bonds is 3. The van der Waals surface area contributed by atoms with Gasteiger partial charge in [0, 0.05) is 11.3 Å². The van der Waals surface area contributed by atoms with E-state index in [0.717, 1.165) is 0 Å². The minimum atomic E-state index is -0.989. The molecule has 0 fully saturated rings. The highest BCUT2D eigenvalue weighted by Gasteiger charge is 2.25. The fourth-order valence-electron chi connectivity index (χ4n) is 1.57. The summed E-state index contributed by atoms with van der Waals surface area (Å²) in [5, 5.41) is 0. The molecule has 0 unspecified atom stereocenters. The number of anilines is 1. The molecule has 1 rings (SSSR count). The molecule has 0 spiro atoms. The van der Waals surface area contributed by atoms with E-state index in [9.17, 15) is 14.4 Å². The lowest BCUT2D eigenvalue weighted by Gasteiger charge is -2.15. The van der Waals surface area contributed by atoms with Gasteiger partial charge in [0.2, 0.25) is 6.41 Å². The van der Waals surface area contributed by atoms with Crippen LogP contribution in [0.25, 0.3) is 0 Å². The van der Waals surface area contributed by atoms with E-state index in [0.29, 0.717) is 21.7 Å². The van der Waals surface area contributed by atoms with Gasteiger partial charge in [0.25, 0.3) is 5.91 Å². The molecule has 3 amide bonds. The van der Waals surface area contributed by atoms with E-state index in [1.165, 1.54) is 0 Å². The van der Waals surface area contributed by atoms with Crippen molar-refractivity contribution in [3.63, 3.8) is 0 Å². The van der Waals surface area contributed by atoms with Crippen LogP contribution in [0.15, 0.2) is 12.1 Å². The monoisotopic (exact) mass is 294 g/mol. The number of ether oxygens (including phenoxy) is 1. The first-order chi connectivity index (χ1) is 9.92. The first-order valence-corrected chi connectivity index (χ1v) is 6.74. The number of hydrogen-bond donors (Lipinski definition) is 1. The molecule has 0 aliphatic rings. The lowest BCUT2D eigenvalue weighted by Crippen LogP contribution is -2.36. The Kier molecular flexibility index (Phi) is 7.75. The van der Waals surface area contributed by atoms with E-state index in [1.54, 1.807) is 32.9 Å². The van der Waals surface area contributed by atoms with Gasteiger partial charge in [-0.3, -0.25) is 9.59 Å². The standard InChI is InChI=1S/C13H16N2O4.C2H6/c1-4-19-13(18)15(7-16)12(17)10-5-9(3)11(14)6-8(10)2;1-2/h5-7H,4,14H2,1-3H3;1-2H3. The Bertz CT molecular complexity index is 527. The Morgan fingerprint density at radius 2 is 1.81 bits per heavy atom. The predicted octanol–water partition coefficient (Wildman–Crippen LogP) is 2.67. The van der Waals surface area contributed by atoms with Gasteiger partial charge in [-0.25, -0.2) is 4.79 Å². The van der Waals surface area contributed by atoms with Crippen molar-refractivity contribution < 1.29 is 19.1 Å². The molecule has 2 N–H and O–H groups in total. The first-order valence-electron chi connectivity index (χ1n) is 6.74. The molecule has 0 saturated carbocycles. The average Bonchev–Trinajstić information content (AvgIpc) is 2.46. The van der Waals surface area contributed by atoms with Crippen LogP contribution in [0.4, 0.5) is 10.5 Å². The number of hydrogen-bond acceptors (Lipinski definition) is 5. The number of benzene rings is 1. The molecule has 0 aromatic heterocycles. The summed E-state index contributed by atoms with van der Waals surface area (Å²) in [6.07, 6.45) is -0.845. The van der Waals surface area contributed by atoms with E-state index >= 15 is 0 Å². The van der Waals surface area contributed by atoms with Gasteiger partial charge in [-0.2, -0.15) is 4.90 Å². The third kappa shape index (κ3) is 4.59. The number of imide groups is 3. The largest absolute Gasteiger partial charge is 0.449 e. The molecule has 0 bridgehead atoms. The number of carbonyl (C=O) groups is 3. The zero-order valence-corrected chi connectivity index (χ0v) is 13.1. The van der Waals surface area contributed by atoms with Crippen molar-refractivity contribution in [2.45, 2.75) is 34.6 Å². The van der Waals surface area contributed by atoms with Crippen LogP contribution < -0.4 is 5.73 Å². The second kappa shape index (κ2) is 8.73. The topological polar surface area (TPSA) is 89.7 Å². The smallest absolute Gasteiger partial charge is 0.423 e. The van der Waals surface area contributed by atoms with Crippen molar-refractivity contribution in [3.8, 4) is 0 Å². The summed E-state index contributed by atoms with van der Waals surface area (Å²) in [4.78, 5) is 34.9. The molecule has 6 heteroatoms. The van der Waals surface area contributed by atoms with Crippen LogP contribution in [0.1, 0.15) is 42.3 Å². The zero-order chi connectivity index (χ0) is 16.6. The van der Waals surface area contributed by atoms with E-state index in [1.807, 2.05) is 13.8 Å². The van der Waals surface area contributed by atoms with Crippen molar-refractivity contribution in [3.05, 3.63) is 28.8 Å². The van der Waals surface area contributed by atoms with Crippen molar-refractivity contribution in [2.24, 2.45) is 0 Å². The van der Waals surface area contributed by atoms with Crippen LogP contribution in [0.5, 0.6) is 0 Å². The molecule has 0 heterocycles. The Labute approximate surface area is 124 Å². The van der Waals surface area contributed by atoms with E-state index in [2.05, 4.69) is 4.74 Å². The first kappa shape index (κ1) is 18.6. The molecule has 6 nitrogen and oxygen atoms in total. The summed E-state index contributed by atoms with van der Waals surface area (Å²) in [5.41, 5.74) is 7.79. The zero-order valence-electron chi connectivity index (χ0n) is 13.1. The SMILES string of the molecule is CC.CCOC(=O)N(C=O)C(=O)c1cc(C)c(N)cc1C. The Balaban J connectivity index is 0.00000191. The Hall–Kier alpha value is -2.37. The Morgan fingerprint density at radius 3 is 2.29 bits per heavy atom. The van der Waals surface area contributed by atoms with E-state index in [-0.39, 0.29) is 18.6 Å². The summed E-state index contributed by atoms with van der Waals surface area (Å²) in [5.74, 6) is -0.728. The van der Waals surface area contributed by atoms with Crippen LogP contribution in [0.2, 0.25) is 0 Å². The lowest BCUT2D eigenvalue weighted by atomic mass is 10.0. The quantitative estimate of drug-likeness (QED) is 0.683. The number of aryl methyl sites for hydroxylation is 2. The van der Waals surface area contributed by atoms with Crippen molar-refractivity contribution >= 4 is 24.1 Å². The summed E-state index contributed by atoms with van der Waals surface area (Å²) >= 11 is 0. The van der Waals surface area contributed by atoms with Gasteiger partial charge in [0.1, 0.15) is 0 Å². The number of amides is 3. The van der Waals surface area contributed by atoms with Gasteiger partial charge in [-0.1, -0.05) is 13.8 Å². The van der Waals surface area contributed by atoms with E-state index in [4.69, 9.17) is 5.73 Å². The number of nitrogen functional groups attached to an aromatic ring is 1. The van der Waals surface area contributed by atoms with Crippen LogP contribution in [0.3, 0.4) is 0 Å². The van der Waals surface area contributed by atoms with Gasteiger partial charge in [-0.15, -0.1) is 0 Å². The van der Waals surface area contributed by atoms with Crippen molar-refractivity contribution in [2.75, 3.05) is 12.3 Å². The van der Waals surface area contributed by atoms with Crippen LogP contribution in [0, 0.1) is 13.8 Å². The van der Waals surface area contributed by atoms with Gasteiger partial charge in [0.15, 0.2) is 0 Å². The van der Waals surface area contributed by atoms with Crippen molar-refractivity contribution in [1.82, 2.24) is 4.90 Å². The van der Waals surface area contributed by atoms with E-state index < -0.39 is 12.0 Å². The normalized spacial score (nSPS) is 9.19. The number of carbonyl (C=O) groups excluding carboxylic acids is 3. The molecular weight excluding hydrogens is 272 g/mol. The number of nitrogens with two attached hydrogens (primary N) is 1. The molecule has 0 aliphatic carbocycles. The highest BCUT2D eigenvalue weighted by molar-refractivity contribution is 6.10. The summed E-state index contributed by atoms with van der Waals surface area (Å²) < 4.78 is 4.64. The van der Waals surface area contributed by atoms with Gasteiger partial charge >= 0.3 is 6.09 Å². The summed E-state index contributed by atoms with van der Waals surface area (Å²) in [7, 11) is 0. The van der Waals surface area contributed by atoms with Gasteiger partial charge < -0.3 is 10.5 Å².